The highest BCUT2D eigenvalue weighted by molar-refractivity contribution is 7.88. The van der Waals surface area contributed by atoms with E-state index >= 15 is 0 Å². The normalized spacial score (nSPS) is 19.7. The minimum atomic E-state index is -3.12. The summed E-state index contributed by atoms with van der Waals surface area (Å²) in [6, 6.07) is 8.31. The van der Waals surface area contributed by atoms with Crippen molar-refractivity contribution in [1.82, 2.24) is 9.62 Å². The molecule has 112 valence electrons. The van der Waals surface area contributed by atoms with Crippen molar-refractivity contribution in [1.29, 1.82) is 0 Å². The van der Waals surface area contributed by atoms with Crippen molar-refractivity contribution in [3.05, 3.63) is 29.8 Å². The van der Waals surface area contributed by atoms with Gasteiger partial charge < -0.3 is 4.74 Å². The minimum Gasteiger partial charge on any atom is -0.488 e. The smallest absolute Gasteiger partial charge is 0.208 e. The molecule has 5 nitrogen and oxygen atoms in total. The van der Waals surface area contributed by atoms with Gasteiger partial charge in [-0.05, 0) is 25.6 Å². The number of nitrogens with one attached hydrogen (secondary N) is 1. The standard InChI is InChI=1S/C14H22N2O3S/c1-11(16(2)9-8-15-20(3,17)18)14-10-12-6-4-5-7-13(12)19-14/h4-7,11,14-15H,8-10H2,1-3H3/t11-,14+/m0/s1. The monoisotopic (exact) mass is 298 g/mol. The summed E-state index contributed by atoms with van der Waals surface area (Å²) >= 11 is 0. The number of fused-ring (bicyclic) bond motifs is 1. The molecule has 0 unspecified atom stereocenters. The lowest BCUT2D eigenvalue weighted by Gasteiger charge is -2.29. The van der Waals surface area contributed by atoms with E-state index in [0.717, 1.165) is 12.2 Å². The van der Waals surface area contributed by atoms with Crippen LogP contribution in [0.4, 0.5) is 0 Å². The molecule has 1 aliphatic rings. The molecule has 6 heteroatoms. The topological polar surface area (TPSA) is 58.6 Å². The molecule has 0 spiro atoms. The molecule has 0 radical (unpaired) electrons. The van der Waals surface area contributed by atoms with E-state index in [1.165, 1.54) is 11.8 Å². The maximum Gasteiger partial charge on any atom is 0.208 e. The Morgan fingerprint density at radius 3 is 2.80 bits per heavy atom. The second kappa shape index (κ2) is 6.11. The van der Waals surface area contributed by atoms with Crippen LogP contribution >= 0.6 is 0 Å². The predicted molar refractivity (Wildman–Crippen MR) is 79.5 cm³/mol. The average molecular weight is 298 g/mol. The zero-order chi connectivity index (χ0) is 14.8. The van der Waals surface area contributed by atoms with Crippen LogP contribution < -0.4 is 9.46 Å². The Labute approximate surface area is 121 Å². The Morgan fingerprint density at radius 1 is 1.45 bits per heavy atom. The van der Waals surface area contributed by atoms with Gasteiger partial charge in [-0.2, -0.15) is 0 Å². The Morgan fingerprint density at radius 2 is 2.15 bits per heavy atom. The van der Waals surface area contributed by atoms with Gasteiger partial charge in [-0.25, -0.2) is 13.1 Å². The van der Waals surface area contributed by atoms with E-state index in [1.54, 1.807) is 0 Å². The minimum absolute atomic E-state index is 0.121. The van der Waals surface area contributed by atoms with E-state index in [0.29, 0.717) is 13.1 Å². The van der Waals surface area contributed by atoms with E-state index in [4.69, 9.17) is 4.74 Å². The van der Waals surface area contributed by atoms with Crippen molar-refractivity contribution in [2.45, 2.75) is 25.5 Å². The van der Waals surface area contributed by atoms with Gasteiger partial charge in [0.1, 0.15) is 11.9 Å². The van der Waals surface area contributed by atoms with Gasteiger partial charge in [0.25, 0.3) is 0 Å². The molecule has 2 atom stereocenters. The van der Waals surface area contributed by atoms with E-state index in [2.05, 4.69) is 22.6 Å². The number of nitrogens with zero attached hydrogens (tertiary/aromatic N) is 1. The molecule has 0 saturated carbocycles. The molecular weight excluding hydrogens is 276 g/mol. The third-order valence-electron chi connectivity index (χ3n) is 3.73. The summed E-state index contributed by atoms with van der Waals surface area (Å²) in [5.41, 5.74) is 1.24. The molecule has 20 heavy (non-hydrogen) atoms. The van der Waals surface area contributed by atoms with Crippen LogP contribution in [0.3, 0.4) is 0 Å². The second-order valence-corrected chi connectivity index (χ2v) is 7.19. The van der Waals surface area contributed by atoms with Gasteiger partial charge in [-0.3, -0.25) is 4.90 Å². The van der Waals surface area contributed by atoms with Crippen LogP contribution in [0.2, 0.25) is 0 Å². The van der Waals surface area contributed by atoms with E-state index < -0.39 is 10.0 Å². The molecule has 1 heterocycles. The molecule has 0 saturated heterocycles. The van der Waals surface area contributed by atoms with Crippen molar-refractivity contribution in [3.8, 4) is 5.75 Å². The number of sulfonamides is 1. The molecular formula is C14H22N2O3S. The highest BCUT2D eigenvalue weighted by Gasteiger charge is 2.29. The van der Waals surface area contributed by atoms with Gasteiger partial charge in [-0.1, -0.05) is 18.2 Å². The Bertz CT molecular complexity index is 534. The fourth-order valence-corrected chi connectivity index (χ4v) is 2.83. The van der Waals surface area contributed by atoms with Gasteiger partial charge in [0.05, 0.1) is 6.26 Å². The molecule has 0 bridgehead atoms. The van der Waals surface area contributed by atoms with Gasteiger partial charge in [-0.15, -0.1) is 0 Å². The molecule has 2 rings (SSSR count). The number of ether oxygens (including phenoxy) is 1. The van der Waals surface area contributed by atoms with Crippen LogP contribution in [-0.2, 0) is 16.4 Å². The third kappa shape index (κ3) is 3.94. The SMILES string of the molecule is C[C@@H]([C@H]1Cc2ccccc2O1)N(C)CCNS(C)(=O)=O. The number of para-hydroxylation sites is 1. The van der Waals surface area contributed by atoms with Crippen LogP contribution in [0, 0.1) is 0 Å². The van der Waals surface area contributed by atoms with E-state index in [-0.39, 0.29) is 12.1 Å². The Kier molecular flexibility index (Phi) is 4.67. The first-order valence-corrected chi connectivity index (χ1v) is 8.65. The zero-order valence-electron chi connectivity index (χ0n) is 12.2. The maximum atomic E-state index is 11.0. The first kappa shape index (κ1) is 15.3. The van der Waals surface area contributed by atoms with Crippen LogP contribution in [0.1, 0.15) is 12.5 Å². The summed E-state index contributed by atoms with van der Waals surface area (Å²) in [7, 11) is -1.13. The number of hydrogen-bond acceptors (Lipinski definition) is 4. The van der Waals surface area contributed by atoms with Crippen LogP contribution in [-0.4, -0.2) is 51.9 Å². The summed E-state index contributed by atoms with van der Waals surface area (Å²) in [4.78, 5) is 2.12. The van der Waals surface area contributed by atoms with Crippen molar-refractivity contribution in [3.63, 3.8) is 0 Å². The summed E-state index contributed by atoms with van der Waals surface area (Å²) in [6.45, 7) is 3.18. The fourth-order valence-electron chi connectivity index (χ4n) is 2.37. The summed E-state index contributed by atoms with van der Waals surface area (Å²) in [5.74, 6) is 0.965. The van der Waals surface area contributed by atoms with Crippen LogP contribution in [0.15, 0.2) is 24.3 Å². The number of rotatable bonds is 6. The van der Waals surface area contributed by atoms with Gasteiger partial charge in [0.2, 0.25) is 10.0 Å². The quantitative estimate of drug-likeness (QED) is 0.846. The van der Waals surface area contributed by atoms with Gasteiger partial charge in [0.15, 0.2) is 0 Å². The van der Waals surface area contributed by atoms with E-state index in [1.807, 2.05) is 25.2 Å². The Hall–Kier alpha value is -1.11. The van der Waals surface area contributed by atoms with Crippen molar-refractivity contribution >= 4 is 10.0 Å². The average Bonchev–Trinajstić information content (AvgIpc) is 2.79. The molecule has 1 aromatic rings. The lowest BCUT2D eigenvalue weighted by molar-refractivity contribution is 0.111. The molecule has 1 N–H and O–H groups in total. The van der Waals surface area contributed by atoms with Gasteiger partial charge in [0, 0.05) is 25.6 Å². The number of benzene rings is 1. The van der Waals surface area contributed by atoms with E-state index in [9.17, 15) is 8.42 Å². The molecule has 1 aromatic carbocycles. The lowest BCUT2D eigenvalue weighted by Crippen LogP contribution is -2.44. The first-order valence-electron chi connectivity index (χ1n) is 6.76. The highest BCUT2D eigenvalue weighted by Crippen LogP contribution is 2.30. The van der Waals surface area contributed by atoms with Crippen molar-refractivity contribution in [2.75, 3.05) is 26.4 Å². The summed E-state index contributed by atoms with van der Waals surface area (Å²) in [6.07, 6.45) is 2.20. The zero-order valence-corrected chi connectivity index (χ0v) is 13.0. The Balaban J connectivity index is 1.85. The van der Waals surface area contributed by atoms with Crippen molar-refractivity contribution < 1.29 is 13.2 Å². The first-order chi connectivity index (χ1) is 9.37. The predicted octanol–water partition coefficient (Wildman–Crippen LogP) is 0.860. The number of hydrogen-bond donors (Lipinski definition) is 1. The highest BCUT2D eigenvalue weighted by atomic mass is 32.2. The maximum absolute atomic E-state index is 11.0. The van der Waals surface area contributed by atoms with Gasteiger partial charge >= 0.3 is 0 Å². The lowest BCUT2D eigenvalue weighted by atomic mass is 10.0. The largest absolute Gasteiger partial charge is 0.488 e. The molecule has 0 amide bonds. The molecule has 1 aliphatic heterocycles. The molecule has 0 fully saturated rings. The molecule has 0 aliphatic carbocycles. The number of likely N-dealkylation sites (N-methyl/N-ethyl adjacent to an activating group) is 1. The van der Waals surface area contributed by atoms with Crippen molar-refractivity contribution in [2.24, 2.45) is 0 Å². The third-order valence-corrected chi connectivity index (χ3v) is 4.46. The van der Waals surface area contributed by atoms with Crippen LogP contribution in [0.25, 0.3) is 0 Å². The summed E-state index contributed by atoms with van der Waals surface area (Å²) < 4.78 is 30.5. The summed E-state index contributed by atoms with van der Waals surface area (Å²) in [5, 5.41) is 0. The molecule has 0 aromatic heterocycles. The fraction of sp³-hybridized carbons (Fsp3) is 0.571. The second-order valence-electron chi connectivity index (χ2n) is 5.36. The van der Waals surface area contributed by atoms with Crippen LogP contribution in [0.5, 0.6) is 5.75 Å².